The van der Waals surface area contributed by atoms with E-state index in [-0.39, 0.29) is 17.6 Å². The highest BCUT2D eigenvalue weighted by Gasteiger charge is 2.36. The van der Waals surface area contributed by atoms with Crippen molar-refractivity contribution in [2.45, 2.75) is 70.6 Å². The number of hydrogen-bond acceptors (Lipinski definition) is 6. The molecule has 1 amide bonds. The smallest absolute Gasteiger partial charge is 0.274 e. The van der Waals surface area contributed by atoms with Gasteiger partial charge in [-0.3, -0.25) is 15.1 Å². The number of para-hydroxylation sites is 2. The molecule has 0 spiro atoms. The van der Waals surface area contributed by atoms with Crippen molar-refractivity contribution in [3.05, 3.63) is 48.0 Å². The number of nitrogens with one attached hydrogen (secondary N) is 1. The Morgan fingerprint density at radius 1 is 1.12 bits per heavy atom. The maximum atomic E-state index is 13.4. The first kappa shape index (κ1) is 23.2. The molecule has 2 aromatic rings. The van der Waals surface area contributed by atoms with Crippen LogP contribution < -0.4 is 15.4 Å². The molecule has 1 fully saturated rings. The van der Waals surface area contributed by atoms with Crippen LogP contribution in [-0.4, -0.2) is 51.8 Å². The Bertz CT molecular complexity index is 986. The molecule has 0 saturated carbocycles. The van der Waals surface area contributed by atoms with Crippen LogP contribution >= 0.6 is 0 Å². The highest BCUT2D eigenvalue weighted by Crippen LogP contribution is 2.38. The van der Waals surface area contributed by atoms with E-state index in [0.29, 0.717) is 30.1 Å². The van der Waals surface area contributed by atoms with Crippen LogP contribution in [0.5, 0.6) is 5.75 Å². The molecule has 1 unspecified atom stereocenters. The molecule has 1 saturated heterocycles. The van der Waals surface area contributed by atoms with E-state index in [2.05, 4.69) is 28.7 Å². The summed E-state index contributed by atoms with van der Waals surface area (Å²) in [5, 5.41) is 7.60. The largest absolute Gasteiger partial charge is 0.472 e. The van der Waals surface area contributed by atoms with Crippen molar-refractivity contribution in [1.29, 1.82) is 5.41 Å². The van der Waals surface area contributed by atoms with E-state index in [1.165, 1.54) is 25.5 Å². The van der Waals surface area contributed by atoms with Gasteiger partial charge in [0.25, 0.3) is 5.91 Å². The Kier molecular flexibility index (Phi) is 7.23. The average Bonchev–Trinajstić information content (AvgIpc) is 2.81. The number of nitrogen functional groups attached to an aromatic ring is 1. The van der Waals surface area contributed by atoms with E-state index >= 15 is 0 Å². The van der Waals surface area contributed by atoms with E-state index in [9.17, 15) is 4.79 Å². The van der Waals surface area contributed by atoms with Gasteiger partial charge in [-0.2, -0.15) is 0 Å². The molecule has 1 aromatic carbocycles. The maximum Gasteiger partial charge on any atom is 0.274 e. The maximum absolute atomic E-state index is 13.4. The first-order valence-corrected chi connectivity index (χ1v) is 12.0. The summed E-state index contributed by atoms with van der Waals surface area (Å²) in [6.07, 6.45) is 7.66. The zero-order valence-corrected chi connectivity index (χ0v) is 19.5. The van der Waals surface area contributed by atoms with Gasteiger partial charge < -0.3 is 15.4 Å². The SMILES string of the molecule is C[C@@H]1CCC[C@H](C)N1CCCCCN1C(=O)C(c2ccnc(C(=N)N)n2)Oc2ccccc21. The number of carbonyl (C=O) groups is 1. The summed E-state index contributed by atoms with van der Waals surface area (Å²) < 4.78 is 6.03. The average molecular weight is 451 g/mol. The molecule has 0 bridgehead atoms. The quantitative estimate of drug-likeness (QED) is 0.361. The molecule has 4 rings (SSSR count). The number of ether oxygens (including phenoxy) is 1. The lowest BCUT2D eigenvalue weighted by molar-refractivity contribution is -0.126. The number of fused-ring (bicyclic) bond motifs is 1. The molecule has 3 atom stereocenters. The van der Waals surface area contributed by atoms with Gasteiger partial charge in [0.05, 0.1) is 11.4 Å². The summed E-state index contributed by atoms with van der Waals surface area (Å²) in [6.45, 7) is 6.42. The molecule has 8 heteroatoms. The number of hydrogen-bond donors (Lipinski definition) is 2. The van der Waals surface area contributed by atoms with Crippen LogP contribution in [0, 0.1) is 5.41 Å². The van der Waals surface area contributed by atoms with E-state index in [1.807, 2.05) is 29.2 Å². The molecule has 1 aromatic heterocycles. The topological polar surface area (TPSA) is 108 Å². The zero-order chi connectivity index (χ0) is 23.4. The van der Waals surface area contributed by atoms with Crippen molar-refractivity contribution in [3.63, 3.8) is 0 Å². The fourth-order valence-electron chi connectivity index (χ4n) is 4.94. The molecule has 2 aliphatic rings. The third kappa shape index (κ3) is 5.16. The number of likely N-dealkylation sites (tertiary alicyclic amines) is 1. The second-order valence-electron chi connectivity index (χ2n) is 9.10. The molecular formula is C25H34N6O2. The molecule has 8 nitrogen and oxygen atoms in total. The summed E-state index contributed by atoms with van der Waals surface area (Å²) in [5.41, 5.74) is 6.73. The number of benzene rings is 1. The van der Waals surface area contributed by atoms with Gasteiger partial charge in [-0.25, -0.2) is 9.97 Å². The minimum Gasteiger partial charge on any atom is -0.472 e. The third-order valence-corrected chi connectivity index (χ3v) is 6.75. The number of rotatable bonds is 8. The molecule has 33 heavy (non-hydrogen) atoms. The number of nitrogens with zero attached hydrogens (tertiary/aromatic N) is 4. The van der Waals surface area contributed by atoms with Gasteiger partial charge >= 0.3 is 0 Å². The number of carbonyl (C=O) groups excluding carboxylic acids is 1. The first-order valence-electron chi connectivity index (χ1n) is 12.0. The van der Waals surface area contributed by atoms with E-state index < -0.39 is 6.10 Å². The van der Waals surface area contributed by atoms with Gasteiger partial charge in [-0.15, -0.1) is 0 Å². The number of amides is 1. The Morgan fingerprint density at radius 2 is 1.85 bits per heavy atom. The van der Waals surface area contributed by atoms with Crippen molar-refractivity contribution < 1.29 is 9.53 Å². The number of amidine groups is 1. The van der Waals surface area contributed by atoms with Crippen LogP contribution in [-0.2, 0) is 4.79 Å². The van der Waals surface area contributed by atoms with E-state index in [1.54, 1.807) is 6.07 Å². The number of unbranched alkanes of at least 4 members (excludes halogenated alkanes) is 2. The second-order valence-corrected chi connectivity index (χ2v) is 9.10. The summed E-state index contributed by atoms with van der Waals surface area (Å²) >= 11 is 0. The molecule has 3 N–H and O–H groups in total. The van der Waals surface area contributed by atoms with E-state index in [0.717, 1.165) is 31.5 Å². The van der Waals surface area contributed by atoms with Crippen molar-refractivity contribution in [3.8, 4) is 5.75 Å². The number of nitrogens with two attached hydrogens (primary N) is 1. The highest BCUT2D eigenvalue weighted by atomic mass is 16.5. The minimum atomic E-state index is -0.879. The molecule has 0 aliphatic carbocycles. The van der Waals surface area contributed by atoms with Crippen LogP contribution in [0.4, 0.5) is 5.69 Å². The monoisotopic (exact) mass is 450 g/mol. The summed E-state index contributed by atoms with van der Waals surface area (Å²) in [5.74, 6) is 0.353. The van der Waals surface area contributed by atoms with Crippen LogP contribution in [0.15, 0.2) is 36.5 Å². The van der Waals surface area contributed by atoms with Gasteiger partial charge in [0.2, 0.25) is 6.10 Å². The Balaban J connectivity index is 1.42. The van der Waals surface area contributed by atoms with Crippen molar-refractivity contribution >= 4 is 17.4 Å². The third-order valence-electron chi connectivity index (χ3n) is 6.75. The Morgan fingerprint density at radius 3 is 2.61 bits per heavy atom. The normalized spacial score (nSPS) is 23.2. The lowest BCUT2D eigenvalue weighted by atomic mass is 9.97. The summed E-state index contributed by atoms with van der Waals surface area (Å²) in [4.78, 5) is 26.1. The number of aromatic nitrogens is 2. The standard InChI is InChI=1S/C25H34N6O2/c1-17-9-8-10-18(2)30(17)15-6-3-7-16-31-20-11-4-5-12-21(20)33-22(25(31)32)19-13-14-28-24(29-19)23(26)27/h4-5,11-14,17-18,22H,3,6-10,15-16H2,1-2H3,(H3,26,27)/t17-,18+,22?. The van der Waals surface area contributed by atoms with Crippen molar-refractivity contribution in [2.75, 3.05) is 18.0 Å². The van der Waals surface area contributed by atoms with Gasteiger partial charge in [0.15, 0.2) is 11.7 Å². The van der Waals surface area contributed by atoms with Crippen LogP contribution in [0.2, 0.25) is 0 Å². The lowest BCUT2D eigenvalue weighted by Crippen LogP contribution is -2.44. The van der Waals surface area contributed by atoms with Crippen LogP contribution in [0.25, 0.3) is 0 Å². The van der Waals surface area contributed by atoms with Gasteiger partial charge in [0.1, 0.15) is 5.75 Å². The van der Waals surface area contributed by atoms with Gasteiger partial charge in [-0.1, -0.05) is 25.0 Å². The Labute approximate surface area is 195 Å². The fourth-order valence-corrected chi connectivity index (χ4v) is 4.94. The van der Waals surface area contributed by atoms with Crippen LogP contribution in [0.1, 0.15) is 70.0 Å². The minimum absolute atomic E-state index is 0.0930. The predicted molar refractivity (Wildman–Crippen MR) is 129 cm³/mol. The van der Waals surface area contributed by atoms with Gasteiger partial charge in [-0.05, 0) is 64.3 Å². The fraction of sp³-hybridized carbons (Fsp3) is 0.520. The second kappa shape index (κ2) is 10.3. The van der Waals surface area contributed by atoms with Gasteiger partial charge in [0, 0.05) is 24.8 Å². The molecule has 0 radical (unpaired) electrons. The van der Waals surface area contributed by atoms with Crippen molar-refractivity contribution in [2.24, 2.45) is 5.73 Å². The summed E-state index contributed by atoms with van der Waals surface area (Å²) in [6, 6.07) is 10.6. The van der Waals surface area contributed by atoms with Crippen LogP contribution in [0.3, 0.4) is 0 Å². The highest BCUT2D eigenvalue weighted by molar-refractivity contribution is 6.00. The number of anilines is 1. The lowest BCUT2D eigenvalue weighted by Gasteiger charge is -2.39. The Hall–Kier alpha value is -3.00. The van der Waals surface area contributed by atoms with Crippen molar-refractivity contribution in [1.82, 2.24) is 14.9 Å². The molecular weight excluding hydrogens is 416 g/mol. The van der Waals surface area contributed by atoms with E-state index in [4.69, 9.17) is 15.9 Å². The first-order chi connectivity index (χ1) is 16.0. The molecule has 176 valence electrons. The summed E-state index contributed by atoms with van der Waals surface area (Å²) in [7, 11) is 0. The zero-order valence-electron chi connectivity index (χ0n) is 19.5. The molecule has 3 heterocycles. The predicted octanol–water partition coefficient (Wildman–Crippen LogP) is 3.66. The number of piperidine rings is 1. The molecule has 2 aliphatic heterocycles.